The number of halogens is 2. The zero-order valence-corrected chi connectivity index (χ0v) is 9.83. The second-order valence-electron chi connectivity index (χ2n) is 3.62. The number of aromatic nitrogens is 1. The molecular formula is C13H9ClFNO. The Morgan fingerprint density at radius 2 is 2.06 bits per heavy atom. The van der Waals surface area contributed by atoms with Crippen LogP contribution < -0.4 is 0 Å². The van der Waals surface area contributed by atoms with E-state index in [-0.39, 0.29) is 10.6 Å². The molecule has 1 aromatic heterocycles. The molecule has 0 fully saturated rings. The van der Waals surface area contributed by atoms with Gasteiger partial charge in [0.1, 0.15) is 0 Å². The topological polar surface area (TPSA) is 30.0 Å². The fourth-order valence-electron chi connectivity index (χ4n) is 1.44. The molecule has 0 atom stereocenters. The number of aryl methyl sites for hydroxylation is 1. The van der Waals surface area contributed by atoms with Crippen LogP contribution in [0.2, 0.25) is 5.02 Å². The number of rotatable bonds is 2. The van der Waals surface area contributed by atoms with E-state index in [9.17, 15) is 9.18 Å². The second-order valence-corrected chi connectivity index (χ2v) is 4.03. The maximum absolute atomic E-state index is 13.6. The highest BCUT2D eigenvalue weighted by Gasteiger charge is 2.15. The van der Waals surface area contributed by atoms with Gasteiger partial charge in [0.25, 0.3) is 0 Å². The van der Waals surface area contributed by atoms with Crippen LogP contribution in [0.3, 0.4) is 0 Å². The smallest absolute Gasteiger partial charge is 0.197 e. The molecule has 4 heteroatoms. The van der Waals surface area contributed by atoms with Gasteiger partial charge in [-0.05, 0) is 31.2 Å². The minimum absolute atomic E-state index is 0.0387. The summed E-state index contributed by atoms with van der Waals surface area (Å²) in [6.07, 6.45) is 1.43. The average molecular weight is 250 g/mol. The molecular weight excluding hydrogens is 241 g/mol. The van der Waals surface area contributed by atoms with Gasteiger partial charge in [0.05, 0.1) is 10.6 Å². The Bertz CT molecular complexity index is 566. The first-order chi connectivity index (χ1) is 8.09. The van der Waals surface area contributed by atoms with Gasteiger partial charge in [-0.15, -0.1) is 0 Å². The Morgan fingerprint density at radius 1 is 1.29 bits per heavy atom. The van der Waals surface area contributed by atoms with Gasteiger partial charge in [0, 0.05) is 17.5 Å². The first-order valence-corrected chi connectivity index (χ1v) is 5.39. The van der Waals surface area contributed by atoms with E-state index >= 15 is 0 Å². The minimum Gasteiger partial charge on any atom is -0.288 e. The maximum atomic E-state index is 13.6. The number of carbonyl (C=O) groups is 1. The molecule has 0 N–H and O–H groups in total. The van der Waals surface area contributed by atoms with E-state index in [2.05, 4.69) is 4.98 Å². The van der Waals surface area contributed by atoms with Crippen LogP contribution in [-0.2, 0) is 0 Å². The highest BCUT2D eigenvalue weighted by atomic mass is 35.5. The van der Waals surface area contributed by atoms with Gasteiger partial charge >= 0.3 is 0 Å². The zero-order chi connectivity index (χ0) is 12.4. The molecule has 0 saturated heterocycles. The SMILES string of the molecule is Cc1ccc(C(=O)c2cccc(Cl)c2F)cn1. The van der Waals surface area contributed by atoms with Crippen molar-refractivity contribution >= 4 is 17.4 Å². The predicted molar refractivity (Wildman–Crippen MR) is 63.8 cm³/mol. The molecule has 0 radical (unpaired) electrons. The van der Waals surface area contributed by atoms with Crippen molar-refractivity contribution in [2.75, 3.05) is 0 Å². The van der Waals surface area contributed by atoms with Gasteiger partial charge in [-0.2, -0.15) is 0 Å². The van der Waals surface area contributed by atoms with Crippen molar-refractivity contribution in [1.82, 2.24) is 4.98 Å². The Hall–Kier alpha value is -1.74. The van der Waals surface area contributed by atoms with Crippen LogP contribution in [0.15, 0.2) is 36.5 Å². The molecule has 0 amide bonds. The van der Waals surface area contributed by atoms with E-state index in [1.165, 1.54) is 18.3 Å². The molecule has 0 aliphatic heterocycles. The summed E-state index contributed by atoms with van der Waals surface area (Å²) < 4.78 is 13.6. The Kier molecular flexibility index (Phi) is 3.20. The van der Waals surface area contributed by atoms with Crippen molar-refractivity contribution in [2.45, 2.75) is 6.92 Å². The average Bonchev–Trinajstić information content (AvgIpc) is 2.33. The first-order valence-electron chi connectivity index (χ1n) is 5.01. The lowest BCUT2D eigenvalue weighted by Gasteiger charge is -2.03. The van der Waals surface area contributed by atoms with Crippen molar-refractivity contribution < 1.29 is 9.18 Å². The molecule has 1 aromatic carbocycles. The molecule has 0 saturated carbocycles. The molecule has 2 aromatic rings. The van der Waals surface area contributed by atoms with E-state index in [1.54, 1.807) is 18.2 Å². The molecule has 17 heavy (non-hydrogen) atoms. The van der Waals surface area contributed by atoms with Gasteiger partial charge in [-0.25, -0.2) is 4.39 Å². The normalized spacial score (nSPS) is 10.3. The summed E-state index contributed by atoms with van der Waals surface area (Å²) in [4.78, 5) is 16.0. The number of carbonyl (C=O) groups excluding carboxylic acids is 1. The van der Waals surface area contributed by atoms with Gasteiger partial charge in [0.2, 0.25) is 0 Å². The quantitative estimate of drug-likeness (QED) is 0.764. The van der Waals surface area contributed by atoms with Crippen LogP contribution in [0, 0.1) is 12.7 Å². The highest BCUT2D eigenvalue weighted by molar-refractivity contribution is 6.31. The van der Waals surface area contributed by atoms with Crippen molar-refractivity contribution in [2.24, 2.45) is 0 Å². The van der Waals surface area contributed by atoms with Crippen LogP contribution in [0.25, 0.3) is 0 Å². The second kappa shape index (κ2) is 4.63. The largest absolute Gasteiger partial charge is 0.288 e. The van der Waals surface area contributed by atoms with Crippen molar-refractivity contribution in [3.63, 3.8) is 0 Å². The number of nitrogens with zero attached hydrogens (tertiary/aromatic N) is 1. The van der Waals surface area contributed by atoms with Crippen LogP contribution in [0.5, 0.6) is 0 Å². The Morgan fingerprint density at radius 3 is 2.71 bits per heavy atom. The number of hydrogen-bond donors (Lipinski definition) is 0. The standard InChI is InChI=1S/C13H9ClFNO/c1-8-5-6-9(7-16-8)13(17)10-3-2-4-11(14)12(10)15/h2-7H,1H3. The van der Waals surface area contributed by atoms with E-state index in [4.69, 9.17) is 11.6 Å². The fourth-order valence-corrected chi connectivity index (χ4v) is 1.61. The van der Waals surface area contributed by atoms with Crippen LogP contribution in [-0.4, -0.2) is 10.8 Å². The van der Waals surface area contributed by atoms with Gasteiger partial charge in [-0.1, -0.05) is 17.7 Å². The summed E-state index contributed by atoms with van der Waals surface area (Å²) >= 11 is 5.63. The highest BCUT2D eigenvalue weighted by Crippen LogP contribution is 2.20. The lowest BCUT2D eigenvalue weighted by molar-refractivity contribution is 0.103. The summed E-state index contributed by atoms with van der Waals surface area (Å²) in [6, 6.07) is 7.67. The van der Waals surface area contributed by atoms with Crippen LogP contribution >= 0.6 is 11.6 Å². The number of hydrogen-bond acceptors (Lipinski definition) is 2. The van der Waals surface area contributed by atoms with Gasteiger partial charge in [0.15, 0.2) is 11.6 Å². The molecule has 2 nitrogen and oxygen atoms in total. The van der Waals surface area contributed by atoms with Crippen LogP contribution in [0.1, 0.15) is 21.6 Å². The number of benzene rings is 1. The summed E-state index contributed by atoms with van der Waals surface area (Å²) in [5.74, 6) is -1.11. The number of pyridine rings is 1. The summed E-state index contributed by atoms with van der Waals surface area (Å²) in [6.45, 7) is 1.81. The zero-order valence-electron chi connectivity index (χ0n) is 9.08. The van der Waals surface area contributed by atoms with Crippen molar-refractivity contribution in [3.8, 4) is 0 Å². The monoisotopic (exact) mass is 249 g/mol. The Labute approximate surface area is 103 Å². The fraction of sp³-hybridized carbons (Fsp3) is 0.0769. The minimum atomic E-state index is -0.695. The van der Waals surface area contributed by atoms with Crippen molar-refractivity contribution in [3.05, 3.63) is 64.2 Å². The Balaban J connectivity index is 2.44. The van der Waals surface area contributed by atoms with E-state index in [0.717, 1.165) is 5.69 Å². The van der Waals surface area contributed by atoms with Gasteiger partial charge < -0.3 is 0 Å². The lowest BCUT2D eigenvalue weighted by atomic mass is 10.0. The summed E-state index contributed by atoms with van der Waals surface area (Å²) in [5, 5.41) is -0.0593. The molecule has 1 heterocycles. The summed E-state index contributed by atoms with van der Waals surface area (Å²) in [5.41, 5.74) is 1.10. The number of ketones is 1. The molecule has 0 bridgehead atoms. The lowest BCUT2D eigenvalue weighted by Crippen LogP contribution is -2.05. The molecule has 2 rings (SSSR count). The summed E-state index contributed by atoms with van der Waals surface area (Å²) in [7, 11) is 0. The van der Waals surface area contributed by atoms with Crippen LogP contribution in [0.4, 0.5) is 4.39 Å². The molecule has 86 valence electrons. The third kappa shape index (κ3) is 2.34. The molecule has 0 aliphatic carbocycles. The maximum Gasteiger partial charge on any atom is 0.197 e. The molecule has 0 unspecified atom stereocenters. The van der Waals surface area contributed by atoms with E-state index in [0.29, 0.717) is 5.56 Å². The molecule has 0 spiro atoms. The van der Waals surface area contributed by atoms with Crippen molar-refractivity contribution in [1.29, 1.82) is 0 Å². The predicted octanol–water partition coefficient (Wildman–Crippen LogP) is 3.41. The third-order valence-electron chi connectivity index (χ3n) is 2.37. The third-order valence-corrected chi connectivity index (χ3v) is 2.66. The first kappa shape index (κ1) is 11.7. The van der Waals surface area contributed by atoms with E-state index in [1.807, 2.05) is 6.92 Å². The molecule has 0 aliphatic rings. The van der Waals surface area contributed by atoms with Gasteiger partial charge in [-0.3, -0.25) is 9.78 Å². The van der Waals surface area contributed by atoms with E-state index < -0.39 is 11.6 Å².